The summed E-state index contributed by atoms with van der Waals surface area (Å²) in [4.78, 5) is 29.2. The van der Waals surface area contributed by atoms with Crippen LogP contribution in [0.1, 0.15) is 54.2 Å². The van der Waals surface area contributed by atoms with E-state index >= 15 is 0 Å². The van der Waals surface area contributed by atoms with Gasteiger partial charge in [0.15, 0.2) is 0 Å². The Kier molecular flexibility index (Phi) is 7.93. The van der Waals surface area contributed by atoms with Crippen molar-refractivity contribution in [3.8, 4) is 5.75 Å². The number of nitrogens with one attached hydrogen (secondary N) is 1. The molecule has 1 aliphatic rings. The van der Waals surface area contributed by atoms with Gasteiger partial charge in [-0.2, -0.15) is 0 Å². The summed E-state index contributed by atoms with van der Waals surface area (Å²) < 4.78 is 5.72. The first-order chi connectivity index (χ1) is 17.0. The molecular weight excluding hydrogens is 456 g/mol. The van der Waals surface area contributed by atoms with Crippen LogP contribution in [0.15, 0.2) is 82.6 Å². The quantitative estimate of drug-likeness (QED) is 0.293. The Morgan fingerprint density at radius 2 is 1.83 bits per heavy atom. The van der Waals surface area contributed by atoms with Gasteiger partial charge in [-0.15, -0.1) is 0 Å². The molecule has 0 unspecified atom stereocenters. The van der Waals surface area contributed by atoms with Gasteiger partial charge in [-0.05, 0) is 60.9 Å². The summed E-state index contributed by atoms with van der Waals surface area (Å²) in [5.74, 6) is 0.569. The minimum absolute atomic E-state index is 0.0847. The standard InChI is InChI=1S/C29H30N2O3S/c1-4-5-17-34-24-14-11-22(12-15-24)20(2)30-28(32)23-13-16-26-25(19-23)31(3)29(33)27(35-26)18-21-9-7-6-8-10-21/h6-16,18-20H,4-5,17H2,1-3H3,(H,30,32)/b27-18-/t20-/m1/s1. The average molecular weight is 487 g/mol. The number of fused-ring (bicyclic) bond motifs is 1. The van der Waals surface area contributed by atoms with Gasteiger partial charge in [0, 0.05) is 17.5 Å². The van der Waals surface area contributed by atoms with Crippen molar-refractivity contribution >= 4 is 35.3 Å². The van der Waals surface area contributed by atoms with Crippen molar-refractivity contribution in [3.05, 3.63) is 94.4 Å². The summed E-state index contributed by atoms with van der Waals surface area (Å²) in [6.07, 6.45) is 4.02. The van der Waals surface area contributed by atoms with Crippen molar-refractivity contribution in [3.63, 3.8) is 0 Å². The molecule has 3 aromatic carbocycles. The van der Waals surface area contributed by atoms with Gasteiger partial charge in [0.25, 0.3) is 11.8 Å². The molecule has 4 rings (SSSR count). The lowest BCUT2D eigenvalue weighted by Gasteiger charge is -2.27. The fraction of sp³-hybridized carbons (Fsp3) is 0.241. The fourth-order valence-electron chi connectivity index (χ4n) is 3.79. The van der Waals surface area contributed by atoms with Crippen LogP contribution >= 0.6 is 11.8 Å². The van der Waals surface area contributed by atoms with Crippen molar-refractivity contribution in [1.82, 2.24) is 5.32 Å². The Morgan fingerprint density at radius 1 is 1.09 bits per heavy atom. The molecule has 0 saturated carbocycles. The number of thioether (sulfide) groups is 1. The largest absolute Gasteiger partial charge is 0.494 e. The highest BCUT2D eigenvalue weighted by Crippen LogP contribution is 2.42. The summed E-state index contributed by atoms with van der Waals surface area (Å²) in [6, 6.07) is 22.9. The highest BCUT2D eigenvalue weighted by molar-refractivity contribution is 8.04. The summed E-state index contributed by atoms with van der Waals surface area (Å²) in [6.45, 7) is 4.79. The number of unbranched alkanes of at least 4 members (excludes halogenated alkanes) is 1. The molecule has 1 atom stereocenters. The van der Waals surface area contributed by atoms with Gasteiger partial charge in [-0.25, -0.2) is 0 Å². The molecule has 0 spiro atoms. The van der Waals surface area contributed by atoms with Crippen LogP contribution in [0.4, 0.5) is 5.69 Å². The van der Waals surface area contributed by atoms with Crippen LogP contribution in [0.2, 0.25) is 0 Å². The predicted octanol–water partition coefficient (Wildman–Crippen LogP) is 6.47. The Morgan fingerprint density at radius 3 is 2.54 bits per heavy atom. The highest BCUT2D eigenvalue weighted by atomic mass is 32.2. The Bertz CT molecular complexity index is 1220. The maximum absolute atomic E-state index is 13.0. The molecule has 0 aliphatic carbocycles. The molecular formula is C29H30N2O3S. The van der Waals surface area contributed by atoms with E-state index in [1.54, 1.807) is 18.0 Å². The van der Waals surface area contributed by atoms with E-state index in [1.807, 2.05) is 79.7 Å². The number of amides is 2. The van der Waals surface area contributed by atoms with Crippen LogP contribution < -0.4 is 15.0 Å². The first-order valence-electron chi connectivity index (χ1n) is 11.9. The van der Waals surface area contributed by atoms with Crippen LogP contribution in [-0.4, -0.2) is 25.5 Å². The molecule has 180 valence electrons. The van der Waals surface area contributed by atoms with Crippen molar-refractivity contribution in [2.45, 2.75) is 37.6 Å². The summed E-state index contributed by atoms with van der Waals surface area (Å²) in [5, 5.41) is 3.06. The smallest absolute Gasteiger partial charge is 0.264 e. The number of carbonyl (C=O) groups excluding carboxylic acids is 2. The Balaban J connectivity index is 1.45. The lowest BCUT2D eigenvalue weighted by Crippen LogP contribution is -2.31. The van der Waals surface area contributed by atoms with Gasteiger partial charge in [0.05, 0.1) is 23.2 Å². The molecule has 2 amide bonds. The molecule has 5 nitrogen and oxygen atoms in total. The summed E-state index contributed by atoms with van der Waals surface area (Å²) >= 11 is 1.43. The van der Waals surface area contributed by atoms with Crippen LogP contribution in [0.25, 0.3) is 6.08 Å². The second-order valence-corrected chi connectivity index (χ2v) is 9.62. The summed E-state index contributed by atoms with van der Waals surface area (Å²) in [5.41, 5.74) is 3.23. The molecule has 35 heavy (non-hydrogen) atoms. The van der Waals surface area contributed by atoms with Crippen molar-refractivity contribution in [2.75, 3.05) is 18.6 Å². The van der Waals surface area contributed by atoms with Crippen molar-refractivity contribution < 1.29 is 14.3 Å². The van der Waals surface area contributed by atoms with Gasteiger partial charge >= 0.3 is 0 Å². The molecule has 0 aromatic heterocycles. The summed E-state index contributed by atoms with van der Waals surface area (Å²) in [7, 11) is 1.74. The van der Waals surface area contributed by atoms with E-state index in [1.165, 1.54) is 11.8 Å². The van der Waals surface area contributed by atoms with E-state index in [0.29, 0.717) is 17.1 Å². The molecule has 0 saturated heterocycles. The normalized spacial score (nSPS) is 15.0. The van der Waals surface area contributed by atoms with Crippen LogP contribution in [-0.2, 0) is 4.79 Å². The maximum Gasteiger partial charge on any atom is 0.264 e. The molecule has 3 aromatic rings. The highest BCUT2D eigenvalue weighted by Gasteiger charge is 2.27. The lowest BCUT2D eigenvalue weighted by atomic mass is 10.1. The number of nitrogens with zero attached hydrogens (tertiary/aromatic N) is 1. The van der Waals surface area contributed by atoms with Gasteiger partial charge in [0.1, 0.15) is 5.75 Å². The van der Waals surface area contributed by atoms with Crippen LogP contribution in [0.5, 0.6) is 5.75 Å². The minimum atomic E-state index is -0.181. The molecule has 6 heteroatoms. The van der Waals surface area contributed by atoms with E-state index in [-0.39, 0.29) is 17.9 Å². The maximum atomic E-state index is 13.0. The SMILES string of the molecule is CCCCOc1ccc([C@@H](C)NC(=O)c2ccc3c(c2)N(C)C(=O)/C(=C/c2ccccc2)S3)cc1. The zero-order chi connectivity index (χ0) is 24.8. The van der Waals surface area contributed by atoms with Gasteiger partial charge in [-0.1, -0.05) is 67.6 Å². The molecule has 1 N–H and O–H groups in total. The van der Waals surface area contributed by atoms with E-state index in [4.69, 9.17) is 4.74 Å². The number of ether oxygens (including phenoxy) is 1. The predicted molar refractivity (Wildman–Crippen MR) is 143 cm³/mol. The first-order valence-corrected chi connectivity index (χ1v) is 12.7. The zero-order valence-electron chi connectivity index (χ0n) is 20.3. The number of carbonyl (C=O) groups is 2. The Labute approximate surface area is 211 Å². The van der Waals surface area contributed by atoms with Crippen LogP contribution in [0, 0.1) is 0 Å². The van der Waals surface area contributed by atoms with Crippen LogP contribution in [0.3, 0.4) is 0 Å². The number of hydrogen-bond donors (Lipinski definition) is 1. The first kappa shape index (κ1) is 24.6. The Hall–Kier alpha value is -3.51. The van der Waals surface area contributed by atoms with E-state index in [2.05, 4.69) is 12.2 Å². The van der Waals surface area contributed by atoms with E-state index in [0.717, 1.165) is 40.3 Å². The number of rotatable bonds is 8. The molecule has 0 bridgehead atoms. The van der Waals surface area contributed by atoms with E-state index < -0.39 is 0 Å². The number of benzene rings is 3. The van der Waals surface area contributed by atoms with Gasteiger partial charge < -0.3 is 15.0 Å². The third-order valence-corrected chi connectivity index (χ3v) is 6.99. The third-order valence-electron chi connectivity index (χ3n) is 5.91. The second kappa shape index (κ2) is 11.3. The average Bonchev–Trinajstić information content (AvgIpc) is 2.88. The van der Waals surface area contributed by atoms with E-state index in [9.17, 15) is 9.59 Å². The lowest BCUT2D eigenvalue weighted by molar-refractivity contribution is -0.114. The zero-order valence-corrected chi connectivity index (χ0v) is 21.1. The number of anilines is 1. The van der Waals surface area contributed by atoms with Crippen molar-refractivity contribution in [2.24, 2.45) is 0 Å². The number of likely N-dealkylation sites (N-methyl/N-ethyl adjacent to an activating group) is 1. The number of hydrogen-bond acceptors (Lipinski definition) is 4. The van der Waals surface area contributed by atoms with Gasteiger partial charge in [-0.3, -0.25) is 9.59 Å². The molecule has 0 radical (unpaired) electrons. The molecule has 1 aliphatic heterocycles. The topological polar surface area (TPSA) is 58.6 Å². The minimum Gasteiger partial charge on any atom is -0.494 e. The second-order valence-electron chi connectivity index (χ2n) is 8.53. The molecule has 1 heterocycles. The third kappa shape index (κ3) is 5.95. The monoisotopic (exact) mass is 486 g/mol. The van der Waals surface area contributed by atoms with Crippen molar-refractivity contribution in [1.29, 1.82) is 0 Å². The van der Waals surface area contributed by atoms with Gasteiger partial charge in [0.2, 0.25) is 0 Å². The fourth-order valence-corrected chi connectivity index (χ4v) is 4.88. The molecule has 0 fully saturated rings.